The lowest BCUT2D eigenvalue weighted by molar-refractivity contribution is 0.0832. The van der Waals surface area contributed by atoms with Gasteiger partial charge in [0.1, 0.15) is 0 Å². The average molecular weight is 131 g/mol. The van der Waals surface area contributed by atoms with Crippen LogP contribution in [0.25, 0.3) is 0 Å². The van der Waals surface area contributed by atoms with Crippen LogP contribution in [-0.4, -0.2) is 13.2 Å². The van der Waals surface area contributed by atoms with Crippen molar-refractivity contribution < 1.29 is 4.39 Å². The average Bonchev–Trinajstić information content (AvgIpc) is 1.79. The van der Waals surface area contributed by atoms with Crippen molar-refractivity contribution >= 4 is 0 Å². The molecule has 0 aliphatic heterocycles. The fourth-order valence-electron chi connectivity index (χ4n) is 1.43. The van der Waals surface area contributed by atoms with Gasteiger partial charge in [0.2, 0.25) is 0 Å². The number of rotatable bonds is 3. The van der Waals surface area contributed by atoms with E-state index < -0.39 is 0 Å². The third-order valence-corrected chi connectivity index (χ3v) is 2.37. The van der Waals surface area contributed by atoms with E-state index in [1.54, 1.807) is 0 Å². The molecule has 1 rings (SSSR count). The molecule has 0 heterocycles. The van der Waals surface area contributed by atoms with Gasteiger partial charge in [-0.15, -0.1) is 0 Å². The monoisotopic (exact) mass is 131 g/mol. The van der Waals surface area contributed by atoms with Crippen LogP contribution in [0.15, 0.2) is 0 Å². The molecule has 0 amide bonds. The van der Waals surface area contributed by atoms with Crippen LogP contribution in [0.5, 0.6) is 0 Å². The normalized spacial score (nSPS) is 23.3. The first-order valence-corrected chi connectivity index (χ1v) is 3.59. The highest BCUT2D eigenvalue weighted by atomic mass is 19.1. The van der Waals surface area contributed by atoms with Crippen molar-refractivity contribution in [3.63, 3.8) is 0 Å². The largest absolute Gasteiger partial charge is 0.330 e. The van der Waals surface area contributed by atoms with Gasteiger partial charge in [0.25, 0.3) is 0 Å². The molecule has 0 radical (unpaired) electrons. The standard InChI is InChI=1S/C7H14FN/c8-6-7(4-5-9)2-1-3-7/h1-6,9H2. The van der Waals surface area contributed by atoms with Crippen molar-refractivity contribution in [2.75, 3.05) is 13.2 Å². The molecule has 1 nitrogen and oxygen atoms in total. The Hall–Kier alpha value is -0.110. The highest BCUT2D eigenvalue weighted by Gasteiger charge is 2.35. The Balaban J connectivity index is 2.28. The number of halogens is 1. The van der Waals surface area contributed by atoms with Crippen LogP contribution in [0, 0.1) is 5.41 Å². The first-order chi connectivity index (χ1) is 4.33. The summed E-state index contributed by atoms with van der Waals surface area (Å²) in [6.07, 6.45) is 4.19. The first kappa shape index (κ1) is 7.00. The van der Waals surface area contributed by atoms with Gasteiger partial charge in [-0.05, 0) is 31.2 Å². The van der Waals surface area contributed by atoms with E-state index in [0.717, 1.165) is 19.3 Å². The zero-order valence-corrected chi connectivity index (χ0v) is 5.70. The van der Waals surface area contributed by atoms with Crippen LogP contribution in [0.4, 0.5) is 4.39 Å². The SMILES string of the molecule is NCCC1(CF)CCC1. The molecule has 1 aliphatic carbocycles. The summed E-state index contributed by atoms with van der Waals surface area (Å²) in [4.78, 5) is 0. The van der Waals surface area contributed by atoms with Crippen LogP contribution in [0.2, 0.25) is 0 Å². The lowest BCUT2D eigenvalue weighted by atomic mass is 9.68. The molecular weight excluding hydrogens is 117 g/mol. The molecule has 1 fully saturated rings. The Labute approximate surface area is 55.4 Å². The fraction of sp³-hybridized carbons (Fsp3) is 1.00. The molecule has 9 heavy (non-hydrogen) atoms. The van der Waals surface area contributed by atoms with E-state index >= 15 is 0 Å². The molecule has 0 bridgehead atoms. The van der Waals surface area contributed by atoms with Gasteiger partial charge in [-0.3, -0.25) is 4.39 Å². The van der Waals surface area contributed by atoms with Gasteiger partial charge in [0.05, 0.1) is 6.67 Å². The summed E-state index contributed by atoms with van der Waals surface area (Å²) in [7, 11) is 0. The predicted molar refractivity (Wildman–Crippen MR) is 35.9 cm³/mol. The Morgan fingerprint density at radius 3 is 2.22 bits per heavy atom. The second kappa shape index (κ2) is 2.65. The smallest absolute Gasteiger partial charge is 0.0951 e. The zero-order chi connectivity index (χ0) is 6.74. The van der Waals surface area contributed by atoms with Gasteiger partial charge >= 0.3 is 0 Å². The van der Waals surface area contributed by atoms with E-state index in [9.17, 15) is 4.39 Å². The Morgan fingerprint density at radius 2 is 2.11 bits per heavy atom. The summed E-state index contributed by atoms with van der Waals surface area (Å²) in [5.74, 6) is 0. The van der Waals surface area contributed by atoms with Crippen LogP contribution in [0.1, 0.15) is 25.7 Å². The maximum Gasteiger partial charge on any atom is 0.0951 e. The molecule has 0 unspecified atom stereocenters. The molecule has 0 spiro atoms. The van der Waals surface area contributed by atoms with Crippen LogP contribution >= 0.6 is 0 Å². The van der Waals surface area contributed by atoms with Crippen LogP contribution in [-0.2, 0) is 0 Å². The Morgan fingerprint density at radius 1 is 1.44 bits per heavy atom. The van der Waals surface area contributed by atoms with Crippen molar-refractivity contribution in [2.24, 2.45) is 11.1 Å². The zero-order valence-electron chi connectivity index (χ0n) is 5.70. The quantitative estimate of drug-likeness (QED) is 0.616. The minimum atomic E-state index is -0.163. The van der Waals surface area contributed by atoms with Crippen LogP contribution in [0.3, 0.4) is 0 Å². The summed E-state index contributed by atoms with van der Waals surface area (Å²) in [5.41, 5.74) is 5.36. The minimum absolute atomic E-state index is 0.0226. The van der Waals surface area contributed by atoms with Gasteiger partial charge in [-0.1, -0.05) is 6.42 Å². The minimum Gasteiger partial charge on any atom is -0.330 e. The number of hydrogen-bond donors (Lipinski definition) is 1. The number of hydrogen-bond acceptors (Lipinski definition) is 1. The highest BCUT2D eigenvalue weighted by Crippen LogP contribution is 2.43. The molecule has 0 aromatic carbocycles. The van der Waals surface area contributed by atoms with E-state index in [4.69, 9.17) is 5.73 Å². The fourth-order valence-corrected chi connectivity index (χ4v) is 1.43. The second-order valence-corrected chi connectivity index (χ2v) is 3.03. The number of alkyl halides is 1. The highest BCUT2D eigenvalue weighted by molar-refractivity contribution is 4.87. The molecule has 2 N–H and O–H groups in total. The molecule has 0 atom stereocenters. The topological polar surface area (TPSA) is 26.0 Å². The molecule has 2 heteroatoms. The molecular formula is C7H14FN. The van der Waals surface area contributed by atoms with Crippen molar-refractivity contribution in [1.82, 2.24) is 0 Å². The van der Waals surface area contributed by atoms with E-state index in [1.807, 2.05) is 0 Å². The van der Waals surface area contributed by atoms with E-state index in [2.05, 4.69) is 0 Å². The van der Waals surface area contributed by atoms with E-state index in [1.165, 1.54) is 6.42 Å². The first-order valence-electron chi connectivity index (χ1n) is 3.59. The Bertz CT molecular complexity index is 83.4. The van der Waals surface area contributed by atoms with Gasteiger partial charge < -0.3 is 5.73 Å². The Kier molecular flexibility index (Phi) is 2.06. The maximum absolute atomic E-state index is 12.2. The molecule has 0 aromatic heterocycles. The van der Waals surface area contributed by atoms with Gasteiger partial charge in [-0.25, -0.2) is 0 Å². The van der Waals surface area contributed by atoms with Crippen molar-refractivity contribution in [3.05, 3.63) is 0 Å². The third-order valence-electron chi connectivity index (χ3n) is 2.37. The predicted octanol–water partition coefficient (Wildman–Crippen LogP) is 1.48. The van der Waals surface area contributed by atoms with E-state index in [-0.39, 0.29) is 12.1 Å². The molecule has 1 aliphatic rings. The summed E-state index contributed by atoms with van der Waals surface area (Å²) in [5, 5.41) is 0. The van der Waals surface area contributed by atoms with Gasteiger partial charge in [0.15, 0.2) is 0 Å². The summed E-state index contributed by atoms with van der Waals surface area (Å²) < 4.78 is 12.2. The third kappa shape index (κ3) is 1.23. The lowest BCUT2D eigenvalue weighted by Gasteiger charge is -2.39. The molecule has 0 aromatic rings. The van der Waals surface area contributed by atoms with Crippen molar-refractivity contribution in [2.45, 2.75) is 25.7 Å². The summed E-state index contributed by atoms with van der Waals surface area (Å²) >= 11 is 0. The van der Waals surface area contributed by atoms with Crippen molar-refractivity contribution in [3.8, 4) is 0 Å². The van der Waals surface area contributed by atoms with E-state index in [0.29, 0.717) is 6.54 Å². The number of nitrogens with two attached hydrogens (primary N) is 1. The maximum atomic E-state index is 12.2. The van der Waals surface area contributed by atoms with Gasteiger partial charge in [0, 0.05) is 0 Å². The van der Waals surface area contributed by atoms with Crippen LogP contribution < -0.4 is 5.73 Å². The summed E-state index contributed by atoms with van der Waals surface area (Å²) in [6, 6.07) is 0. The second-order valence-electron chi connectivity index (χ2n) is 3.03. The molecule has 1 saturated carbocycles. The molecule has 0 saturated heterocycles. The molecule has 54 valence electrons. The summed E-state index contributed by atoms with van der Waals surface area (Å²) in [6.45, 7) is 0.480. The van der Waals surface area contributed by atoms with Crippen molar-refractivity contribution in [1.29, 1.82) is 0 Å². The lowest BCUT2D eigenvalue weighted by Crippen LogP contribution is -2.33. The van der Waals surface area contributed by atoms with Gasteiger partial charge in [-0.2, -0.15) is 0 Å².